The van der Waals surface area contributed by atoms with E-state index in [0.717, 1.165) is 16.7 Å². The maximum Gasteiger partial charge on any atom is 0.302 e. The molecule has 1 aliphatic heterocycles. The van der Waals surface area contributed by atoms with Gasteiger partial charge in [-0.25, -0.2) is 4.98 Å². The van der Waals surface area contributed by atoms with Gasteiger partial charge in [0, 0.05) is 5.56 Å². The molecule has 206 valence electrons. The van der Waals surface area contributed by atoms with Crippen LogP contribution in [0.3, 0.4) is 0 Å². The van der Waals surface area contributed by atoms with E-state index in [0.29, 0.717) is 28.8 Å². The fourth-order valence-electron chi connectivity index (χ4n) is 5.05. The van der Waals surface area contributed by atoms with E-state index in [-0.39, 0.29) is 34.2 Å². The van der Waals surface area contributed by atoms with E-state index in [1.165, 1.54) is 11.0 Å². The van der Waals surface area contributed by atoms with Crippen molar-refractivity contribution in [3.63, 3.8) is 0 Å². The van der Waals surface area contributed by atoms with Gasteiger partial charge in [0.15, 0.2) is 11.5 Å². The zero-order chi connectivity index (χ0) is 28.9. The van der Waals surface area contributed by atoms with Crippen molar-refractivity contribution in [2.24, 2.45) is 0 Å². The lowest BCUT2D eigenvalue weighted by Crippen LogP contribution is -2.30. The number of nitrogens with one attached hydrogen (secondary N) is 1. The van der Waals surface area contributed by atoms with Gasteiger partial charge >= 0.3 is 5.91 Å². The summed E-state index contributed by atoms with van der Waals surface area (Å²) in [5, 5.41) is 22.1. The normalized spacial score (nSPS) is 17.1. The van der Waals surface area contributed by atoms with Crippen LogP contribution in [0.1, 0.15) is 61.6 Å². The number of hydrogen-bond donors (Lipinski definition) is 3. The molecule has 8 nitrogen and oxygen atoms in total. The third-order valence-corrected chi connectivity index (χ3v) is 7.26. The molecule has 1 saturated heterocycles. The first-order valence-corrected chi connectivity index (χ1v) is 13.2. The molecule has 2 heterocycles. The number of aliphatic hydroxyl groups is 1. The number of carbonyl (C=O) groups is 2. The number of aliphatic hydroxyl groups excluding tert-OH is 1. The number of ether oxygens (including phenoxy) is 1. The summed E-state index contributed by atoms with van der Waals surface area (Å²) in [7, 11) is 0. The Bertz CT molecular complexity index is 1690. The molecule has 0 radical (unpaired) electrons. The minimum atomic E-state index is -1.03. The third kappa shape index (κ3) is 4.59. The molecule has 1 atom stereocenters. The summed E-state index contributed by atoms with van der Waals surface area (Å²) in [5.41, 5.74) is 4.77. The summed E-state index contributed by atoms with van der Waals surface area (Å²) in [4.78, 5) is 36.4. The van der Waals surface area contributed by atoms with Gasteiger partial charge in [-0.1, -0.05) is 45.0 Å². The number of phenolic OH excluding ortho intramolecular Hbond substituents is 1. The van der Waals surface area contributed by atoms with Crippen molar-refractivity contribution in [2.45, 2.75) is 53.0 Å². The van der Waals surface area contributed by atoms with Gasteiger partial charge in [-0.15, -0.1) is 0 Å². The van der Waals surface area contributed by atoms with Gasteiger partial charge in [0.2, 0.25) is 5.95 Å². The van der Waals surface area contributed by atoms with E-state index in [1.807, 2.05) is 50.2 Å². The summed E-state index contributed by atoms with van der Waals surface area (Å²) in [6.45, 7) is 12.1. The van der Waals surface area contributed by atoms with E-state index >= 15 is 0 Å². The number of aromatic amines is 1. The molecule has 1 aliphatic rings. The maximum atomic E-state index is 13.7. The number of fused-ring (bicyclic) bond motifs is 1. The number of rotatable bonds is 5. The lowest BCUT2D eigenvalue weighted by atomic mass is 9.84. The average Bonchev–Trinajstić information content (AvgIpc) is 3.42. The van der Waals surface area contributed by atoms with E-state index in [4.69, 9.17) is 4.74 Å². The van der Waals surface area contributed by atoms with Crippen molar-refractivity contribution in [2.75, 3.05) is 11.5 Å². The molecule has 4 aromatic rings. The van der Waals surface area contributed by atoms with E-state index < -0.39 is 17.7 Å². The van der Waals surface area contributed by atoms with Crippen molar-refractivity contribution in [1.29, 1.82) is 0 Å². The number of carbonyl (C=O) groups excluding carboxylic acids is 2. The van der Waals surface area contributed by atoms with Crippen LogP contribution in [0, 0.1) is 13.8 Å². The molecule has 1 amide bonds. The fourth-order valence-corrected chi connectivity index (χ4v) is 5.05. The zero-order valence-corrected chi connectivity index (χ0v) is 23.5. The minimum Gasteiger partial charge on any atom is -0.507 e. The summed E-state index contributed by atoms with van der Waals surface area (Å²) in [6, 6.07) is 15.0. The predicted molar refractivity (Wildman–Crippen MR) is 155 cm³/mol. The summed E-state index contributed by atoms with van der Waals surface area (Å²) in [5.74, 6) is -1.61. The number of phenols is 1. The Morgan fingerprint density at radius 2 is 1.80 bits per heavy atom. The molecular formula is C32H33N3O5. The highest BCUT2D eigenvalue weighted by molar-refractivity contribution is 6.51. The Hall–Kier alpha value is -4.59. The zero-order valence-electron chi connectivity index (χ0n) is 23.5. The van der Waals surface area contributed by atoms with Gasteiger partial charge < -0.3 is 19.9 Å². The molecule has 0 saturated carbocycles. The molecule has 1 unspecified atom stereocenters. The number of imidazole rings is 1. The number of aromatic hydroxyl groups is 1. The Kier molecular flexibility index (Phi) is 6.66. The highest BCUT2D eigenvalue weighted by atomic mass is 16.5. The van der Waals surface area contributed by atoms with Crippen LogP contribution < -0.4 is 9.64 Å². The lowest BCUT2D eigenvalue weighted by Gasteiger charge is -2.24. The first-order chi connectivity index (χ1) is 18.9. The second kappa shape index (κ2) is 9.86. The van der Waals surface area contributed by atoms with Gasteiger partial charge in [0.1, 0.15) is 5.76 Å². The van der Waals surface area contributed by atoms with Crippen LogP contribution >= 0.6 is 0 Å². The van der Waals surface area contributed by atoms with E-state index in [2.05, 4.69) is 30.7 Å². The summed E-state index contributed by atoms with van der Waals surface area (Å²) < 4.78 is 5.60. The van der Waals surface area contributed by atoms with Crippen LogP contribution in [0.5, 0.6) is 11.5 Å². The molecule has 1 fully saturated rings. The van der Waals surface area contributed by atoms with Crippen molar-refractivity contribution < 1.29 is 24.5 Å². The highest BCUT2D eigenvalue weighted by Crippen LogP contribution is 2.44. The first kappa shape index (κ1) is 27.0. The number of nitrogens with zero attached hydrogens (tertiary/aromatic N) is 2. The second-order valence-electron chi connectivity index (χ2n) is 11.2. The molecule has 0 bridgehead atoms. The Balaban J connectivity index is 1.77. The minimum absolute atomic E-state index is 0.0658. The molecule has 5 rings (SSSR count). The number of hydrogen-bond acceptors (Lipinski definition) is 6. The van der Waals surface area contributed by atoms with Crippen LogP contribution in [0.15, 0.2) is 60.2 Å². The van der Waals surface area contributed by atoms with E-state index in [1.54, 1.807) is 19.1 Å². The molecule has 3 aromatic carbocycles. The number of Topliss-reactive ketones (excluding diaryl/α,β-unsaturated/α-hetero) is 1. The van der Waals surface area contributed by atoms with E-state index in [9.17, 15) is 19.8 Å². The molecule has 0 spiro atoms. The van der Waals surface area contributed by atoms with Crippen LogP contribution in [-0.2, 0) is 15.0 Å². The SMILES string of the molecule is CCOc1cc(C2/C(=C(\O)c3cc(C(C)(C)C)ccc3C)C(=O)C(=O)N2c2nc3ccc(C)cc3[nH]2)ccc1O. The van der Waals surface area contributed by atoms with Crippen LogP contribution in [-0.4, -0.2) is 38.5 Å². The molecule has 8 heteroatoms. The van der Waals surface area contributed by atoms with Crippen molar-refractivity contribution in [1.82, 2.24) is 9.97 Å². The van der Waals surface area contributed by atoms with Gasteiger partial charge in [-0.05, 0) is 78.8 Å². The Morgan fingerprint density at radius 3 is 2.50 bits per heavy atom. The van der Waals surface area contributed by atoms with Gasteiger partial charge in [0.05, 0.1) is 29.3 Å². The first-order valence-electron chi connectivity index (χ1n) is 13.2. The second-order valence-corrected chi connectivity index (χ2v) is 11.2. The van der Waals surface area contributed by atoms with Gasteiger partial charge in [-0.3, -0.25) is 14.5 Å². The number of H-pyrrole nitrogens is 1. The number of aromatic nitrogens is 2. The van der Waals surface area contributed by atoms with Crippen LogP contribution in [0.4, 0.5) is 5.95 Å². The Morgan fingerprint density at radius 1 is 1.05 bits per heavy atom. The number of benzene rings is 3. The summed E-state index contributed by atoms with van der Waals surface area (Å²) >= 11 is 0. The maximum absolute atomic E-state index is 13.7. The van der Waals surface area contributed by atoms with Crippen LogP contribution in [0.25, 0.3) is 16.8 Å². The standard InChI is InChI=1S/C32H33N3O5/c1-7-40-25-15-19(10-13-24(25)36)27-26(28(37)21-16-20(32(4,5)6)11-9-18(21)3)29(38)30(39)35(27)31-33-22-12-8-17(2)14-23(22)34-31/h8-16,27,36-37H,7H2,1-6H3,(H,33,34)/b28-26+. The molecule has 1 aromatic heterocycles. The average molecular weight is 540 g/mol. The predicted octanol–water partition coefficient (Wildman–Crippen LogP) is 6.21. The number of aryl methyl sites for hydroxylation is 2. The molecule has 40 heavy (non-hydrogen) atoms. The van der Waals surface area contributed by atoms with Crippen LogP contribution in [0.2, 0.25) is 0 Å². The van der Waals surface area contributed by atoms with Gasteiger partial charge in [-0.2, -0.15) is 0 Å². The highest BCUT2D eigenvalue weighted by Gasteiger charge is 2.48. The monoisotopic (exact) mass is 539 g/mol. The number of amides is 1. The largest absolute Gasteiger partial charge is 0.507 e. The smallest absolute Gasteiger partial charge is 0.302 e. The molecule has 0 aliphatic carbocycles. The summed E-state index contributed by atoms with van der Waals surface area (Å²) in [6.07, 6.45) is 0. The fraction of sp³-hybridized carbons (Fsp3) is 0.281. The topological polar surface area (TPSA) is 116 Å². The number of anilines is 1. The third-order valence-electron chi connectivity index (χ3n) is 7.26. The van der Waals surface area contributed by atoms with Crippen molar-refractivity contribution in [3.05, 3.63) is 88.0 Å². The van der Waals surface area contributed by atoms with Crippen molar-refractivity contribution in [3.8, 4) is 11.5 Å². The molecular weight excluding hydrogens is 506 g/mol. The lowest BCUT2D eigenvalue weighted by molar-refractivity contribution is -0.132. The Labute approximate surface area is 232 Å². The number of ketones is 1. The molecule has 3 N–H and O–H groups in total. The van der Waals surface area contributed by atoms with Crippen molar-refractivity contribution >= 4 is 34.4 Å². The quantitative estimate of drug-likeness (QED) is 0.158. The van der Waals surface area contributed by atoms with Gasteiger partial charge in [0.25, 0.3) is 5.78 Å².